The number of nitrogens with one attached hydrogen (secondary N) is 2. The topological polar surface area (TPSA) is 83.6 Å². The number of hydrogen-bond acceptors (Lipinski definition) is 5. The Morgan fingerprint density at radius 3 is 2.54 bits per heavy atom. The van der Waals surface area contributed by atoms with Gasteiger partial charge in [-0.2, -0.15) is 13.2 Å². The van der Waals surface area contributed by atoms with E-state index in [1.54, 1.807) is 43.3 Å². The normalized spacial score (nSPS) is 12.4. The highest BCUT2D eigenvalue weighted by atomic mass is 35.5. The highest BCUT2D eigenvalue weighted by Crippen LogP contribution is 2.36. The number of aromatic amines is 1. The standard InChI is InChI=1S/C27H24ClF3N2O4/c1-15-9-17(28)4-5-21(15)25(33-18-11-19(36-2)13-20(12-18)37-8-7-34)26(35)23-14-32-24-6-3-16(10-22(23)24)27(29,30)31/h3-6,9-14,25,32-34H,7-8H2,1-2H3. The van der Waals surface area contributed by atoms with Gasteiger partial charge in [0.2, 0.25) is 0 Å². The van der Waals surface area contributed by atoms with Gasteiger partial charge in [0.05, 0.1) is 19.3 Å². The Kier molecular flexibility index (Phi) is 7.65. The average Bonchev–Trinajstić information content (AvgIpc) is 3.29. The van der Waals surface area contributed by atoms with Crippen molar-refractivity contribution in [1.29, 1.82) is 0 Å². The Labute approximate surface area is 216 Å². The summed E-state index contributed by atoms with van der Waals surface area (Å²) in [5.41, 5.74) is 1.44. The van der Waals surface area contributed by atoms with E-state index in [9.17, 15) is 18.0 Å². The quantitative estimate of drug-likeness (QED) is 0.212. The Morgan fingerprint density at radius 2 is 1.86 bits per heavy atom. The van der Waals surface area contributed by atoms with Gasteiger partial charge in [0.15, 0.2) is 5.78 Å². The van der Waals surface area contributed by atoms with Crippen LogP contribution in [-0.2, 0) is 6.18 Å². The van der Waals surface area contributed by atoms with Crippen LogP contribution in [0.5, 0.6) is 11.5 Å². The number of fused-ring (bicyclic) bond motifs is 1. The van der Waals surface area contributed by atoms with Gasteiger partial charge in [-0.25, -0.2) is 0 Å². The molecule has 0 spiro atoms. The van der Waals surface area contributed by atoms with Gasteiger partial charge in [-0.1, -0.05) is 17.7 Å². The molecule has 0 aliphatic rings. The van der Waals surface area contributed by atoms with Gasteiger partial charge in [0, 0.05) is 51.6 Å². The molecule has 0 aliphatic carbocycles. The molecule has 0 amide bonds. The molecule has 0 saturated heterocycles. The zero-order chi connectivity index (χ0) is 26.7. The van der Waals surface area contributed by atoms with Crippen LogP contribution in [0.3, 0.4) is 0 Å². The summed E-state index contributed by atoms with van der Waals surface area (Å²) < 4.78 is 51.0. The summed E-state index contributed by atoms with van der Waals surface area (Å²) in [6.45, 7) is 1.66. The summed E-state index contributed by atoms with van der Waals surface area (Å²) in [6, 6.07) is 12.2. The minimum Gasteiger partial charge on any atom is -0.497 e. The lowest BCUT2D eigenvalue weighted by molar-refractivity contribution is -0.137. The number of hydrogen-bond donors (Lipinski definition) is 3. The van der Waals surface area contributed by atoms with E-state index in [1.165, 1.54) is 19.4 Å². The Morgan fingerprint density at radius 1 is 1.11 bits per heavy atom. The van der Waals surface area contributed by atoms with Gasteiger partial charge in [-0.3, -0.25) is 4.79 Å². The van der Waals surface area contributed by atoms with Crippen LogP contribution in [-0.4, -0.2) is 36.2 Å². The highest BCUT2D eigenvalue weighted by molar-refractivity contribution is 6.30. The van der Waals surface area contributed by atoms with Crippen molar-refractivity contribution in [3.8, 4) is 11.5 Å². The van der Waals surface area contributed by atoms with E-state index in [4.69, 9.17) is 26.2 Å². The highest BCUT2D eigenvalue weighted by Gasteiger charge is 2.32. The van der Waals surface area contributed by atoms with Crippen LogP contribution < -0.4 is 14.8 Å². The van der Waals surface area contributed by atoms with Crippen molar-refractivity contribution in [2.45, 2.75) is 19.1 Å². The fourth-order valence-corrected chi connectivity index (χ4v) is 4.32. The molecule has 4 aromatic rings. The van der Waals surface area contributed by atoms with Gasteiger partial charge in [0.25, 0.3) is 0 Å². The molecule has 4 rings (SSSR count). The Hall–Kier alpha value is -3.69. The molecular formula is C27H24ClF3N2O4. The van der Waals surface area contributed by atoms with E-state index in [-0.39, 0.29) is 24.2 Å². The molecule has 1 aromatic heterocycles. The minimum absolute atomic E-state index is 0.0577. The third-order valence-corrected chi connectivity index (χ3v) is 6.10. The number of aromatic nitrogens is 1. The average molecular weight is 533 g/mol. The maximum Gasteiger partial charge on any atom is 0.416 e. The van der Waals surface area contributed by atoms with E-state index in [2.05, 4.69) is 10.3 Å². The number of carbonyl (C=O) groups excluding carboxylic acids is 1. The van der Waals surface area contributed by atoms with E-state index in [0.29, 0.717) is 38.9 Å². The summed E-state index contributed by atoms with van der Waals surface area (Å²) in [7, 11) is 1.48. The van der Waals surface area contributed by atoms with Crippen LogP contribution in [0, 0.1) is 6.92 Å². The van der Waals surface area contributed by atoms with Crippen LogP contribution in [0.1, 0.15) is 33.1 Å². The van der Waals surface area contributed by atoms with E-state index >= 15 is 0 Å². The molecule has 0 radical (unpaired) electrons. The number of carbonyl (C=O) groups is 1. The monoisotopic (exact) mass is 532 g/mol. The molecule has 194 valence electrons. The third kappa shape index (κ3) is 5.84. The number of aliphatic hydroxyl groups is 1. The number of ketones is 1. The number of ether oxygens (including phenoxy) is 2. The molecular weight excluding hydrogens is 509 g/mol. The molecule has 0 fully saturated rings. The van der Waals surface area contributed by atoms with E-state index < -0.39 is 23.6 Å². The maximum absolute atomic E-state index is 13.9. The summed E-state index contributed by atoms with van der Waals surface area (Å²) in [4.78, 5) is 16.8. The summed E-state index contributed by atoms with van der Waals surface area (Å²) in [6.07, 6.45) is -3.14. The van der Waals surface area contributed by atoms with Crippen LogP contribution in [0.2, 0.25) is 5.02 Å². The number of rotatable bonds is 9. The lowest BCUT2D eigenvalue weighted by Gasteiger charge is -2.22. The van der Waals surface area contributed by atoms with Crippen molar-refractivity contribution >= 4 is 34.0 Å². The lowest BCUT2D eigenvalue weighted by atomic mass is 9.93. The molecule has 3 N–H and O–H groups in total. The molecule has 0 bridgehead atoms. The van der Waals surface area contributed by atoms with E-state index in [1.807, 2.05) is 0 Å². The number of benzene rings is 3. The van der Waals surface area contributed by atoms with Crippen molar-refractivity contribution in [3.05, 3.63) is 88.1 Å². The lowest BCUT2D eigenvalue weighted by Crippen LogP contribution is -2.22. The zero-order valence-electron chi connectivity index (χ0n) is 19.9. The predicted molar refractivity (Wildman–Crippen MR) is 136 cm³/mol. The largest absolute Gasteiger partial charge is 0.497 e. The van der Waals surface area contributed by atoms with Gasteiger partial charge >= 0.3 is 6.18 Å². The van der Waals surface area contributed by atoms with Gasteiger partial charge in [0.1, 0.15) is 24.1 Å². The number of H-pyrrole nitrogens is 1. The van der Waals surface area contributed by atoms with Crippen molar-refractivity contribution in [2.24, 2.45) is 0 Å². The second-order valence-electron chi connectivity index (χ2n) is 8.37. The first-order chi connectivity index (χ1) is 17.6. The molecule has 3 aromatic carbocycles. The number of Topliss-reactive ketones (excluding diaryl/α,β-unsaturated/α-hetero) is 1. The van der Waals surface area contributed by atoms with Crippen molar-refractivity contribution in [2.75, 3.05) is 25.6 Å². The van der Waals surface area contributed by atoms with Gasteiger partial charge < -0.3 is 24.9 Å². The van der Waals surface area contributed by atoms with Crippen LogP contribution in [0.15, 0.2) is 60.8 Å². The van der Waals surface area contributed by atoms with Crippen molar-refractivity contribution in [1.82, 2.24) is 4.98 Å². The van der Waals surface area contributed by atoms with Crippen molar-refractivity contribution < 1.29 is 32.5 Å². The number of aliphatic hydroxyl groups excluding tert-OH is 1. The summed E-state index contributed by atoms with van der Waals surface area (Å²) in [5.74, 6) is 0.396. The van der Waals surface area contributed by atoms with Crippen LogP contribution in [0.25, 0.3) is 10.9 Å². The third-order valence-electron chi connectivity index (χ3n) is 5.87. The Bertz CT molecular complexity index is 1440. The number of anilines is 1. The fourth-order valence-electron chi connectivity index (χ4n) is 4.09. The smallest absolute Gasteiger partial charge is 0.416 e. The molecule has 0 aliphatic heterocycles. The number of alkyl halides is 3. The number of aryl methyl sites for hydroxylation is 1. The molecule has 6 nitrogen and oxygen atoms in total. The SMILES string of the molecule is COc1cc(NC(C(=O)c2c[nH]c3ccc(C(F)(F)F)cc23)c2ccc(Cl)cc2C)cc(OCCO)c1. The van der Waals surface area contributed by atoms with Crippen LogP contribution >= 0.6 is 11.6 Å². The molecule has 10 heteroatoms. The fraction of sp³-hybridized carbons (Fsp3) is 0.222. The second-order valence-corrected chi connectivity index (χ2v) is 8.81. The Balaban J connectivity index is 1.81. The molecule has 37 heavy (non-hydrogen) atoms. The van der Waals surface area contributed by atoms with Gasteiger partial charge in [-0.15, -0.1) is 0 Å². The second kappa shape index (κ2) is 10.7. The molecule has 1 atom stereocenters. The number of halogens is 4. The first-order valence-corrected chi connectivity index (χ1v) is 11.7. The van der Waals surface area contributed by atoms with Gasteiger partial charge in [-0.05, 0) is 48.4 Å². The first-order valence-electron chi connectivity index (χ1n) is 11.3. The first kappa shape index (κ1) is 26.4. The molecule has 0 saturated carbocycles. The minimum atomic E-state index is -4.55. The molecule has 1 heterocycles. The number of methoxy groups -OCH3 is 1. The predicted octanol–water partition coefficient (Wildman–Crippen LogP) is 6.56. The summed E-state index contributed by atoms with van der Waals surface area (Å²) in [5, 5.41) is 12.9. The zero-order valence-corrected chi connectivity index (χ0v) is 20.7. The maximum atomic E-state index is 13.9. The molecule has 1 unspecified atom stereocenters. The van der Waals surface area contributed by atoms with E-state index in [0.717, 1.165) is 12.1 Å². The van der Waals surface area contributed by atoms with Crippen molar-refractivity contribution in [3.63, 3.8) is 0 Å². The van der Waals surface area contributed by atoms with Crippen LogP contribution in [0.4, 0.5) is 18.9 Å². The summed E-state index contributed by atoms with van der Waals surface area (Å²) >= 11 is 6.14.